The van der Waals surface area contributed by atoms with Gasteiger partial charge in [-0.3, -0.25) is 4.99 Å². The third kappa shape index (κ3) is 6.69. The maximum atomic E-state index is 5.48. The van der Waals surface area contributed by atoms with Crippen LogP contribution in [0.25, 0.3) is 0 Å². The third-order valence-corrected chi connectivity index (χ3v) is 4.65. The summed E-state index contributed by atoms with van der Waals surface area (Å²) in [6.45, 7) is 7.12. The molecular weight excluding hydrogens is 475 g/mol. The number of hydrogen-bond donors (Lipinski definition) is 2. The van der Waals surface area contributed by atoms with Crippen molar-refractivity contribution in [2.24, 2.45) is 4.99 Å². The average molecular weight is 502 g/mol. The molecule has 0 unspecified atom stereocenters. The summed E-state index contributed by atoms with van der Waals surface area (Å²) in [6, 6.07) is 4.06. The molecule has 148 valence electrons. The lowest BCUT2D eigenvalue weighted by Gasteiger charge is -2.16. The van der Waals surface area contributed by atoms with Gasteiger partial charge in [0.15, 0.2) is 17.5 Å². The van der Waals surface area contributed by atoms with E-state index in [0.29, 0.717) is 25.3 Å². The number of halogens is 1. The van der Waals surface area contributed by atoms with Crippen LogP contribution in [0.3, 0.4) is 0 Å². The Kier molecular flexibility index (Phi) is 10.2. The van der Waals surface area contributed by atoms with E-state index in [4.69, 9.17) is 9.47 Å². The molecule has 0 atom stereocenters. The fraction of sp³-hybridized carbons (Fsp3) is 0.368. The van der Waals surface area contributed by atoms with Crippen molar-refractivity contribution in [3.8, 4) is 11.5 Å². The first-order valence-corrected chi connectivity index (χ1v) is 9.13. The molecule has 2 aromatic rings. The number of guanidine groups is 1. The summed E-state index contributed by atoms with van der Waals surface area (Å²) in [5, 5.41) is 7.62. The summed E-state index contributed by atoms with van der Waals surface area (Å²) >= 11 is 1.67. The number of thiazole rings is 1. The second-order valence-electron chi connectivity index (χ2n) is 5.63. The number of aromatic nitrogens is 1. The van der Waals surface area contributed by atoms with Crippen molar-refractivity contribution in [1.29, 1.82) is 0 Å². The van der Waals surface area contributed by atoms with E-state index >= 15 is 0 Å². The lowest BCUT2D eigenvalue weighted by molar-refractivity contribution is 0.352. The van der Waals surface area contributed by atoms with Crippen LogP contribution in [-0.4, -0.2) is 32.2 Å². The van der Waals surface area contributed by atoms with E-state index in [1.807, 2.05) is 25.3 Å². The highest BCUT2D eigenvalue weighted by Crippen LogP contribution is 2.33. The standard InChI is InChI=1S/C19H26N4O2S.HI/c1-6-7-15-8-14(9-16(24-4)18(15)25-5)11-22-19(20-3)23-12-17-21-10-13(2)26-17;/h6,8-10H,1,7,11-12H2,2-5H3,(H2,20,22,23);1H. The highest BCUT2D eigenvalue weighted by atomic mass is 127. The van der Waals surface area contributed by atoms with Gasteiger partial charge >= 0.3 is 0 Å². The Morgan fingerprint density at radius 1 is 1.26 bits per heavy atom. The highest BCUT2D eigenvalue weighted by Gasteiger charge is 2.12. The normalized spacial score (nSPS) is 10.7. The van der Waals surface area contributed by atoms with Gasteiger partial charge < -0.3 is 20.1 Å². The van der Waals surface area contributed by atoms with E-state index in [9.17, 15) is 0 Å². The fourth-order valence-electron chi connectivity index (χ4n) is 2.56. The summed E-state index contributed by atoms with van der Waals surface area (Å²) in [6.07, 6.45) is 4.44. The van der Waals surface area contributed by atoms with Crippen LogP contribution in [0.1, 0.15) is 21.0 Å². The number of allylic oxidation sites excluding steroid dienone is 1. The van der Waals surface area contributed by atoms with Gasteiger partial charge in [0.2, 0.25) is 0 Å². The first-order chi connectivity index (χ1) is 12.6. The number of nitrogens with zero attached hydrogens (tertiary/aromatic N) is 2. The molecule has 0 aliphatic carbocycles. The minimum absolute atomic E-state index is 0. The van der Waals surface area contributed by atoms with E-state index in [0.717, 1.165) is 27.8 Å². The lowest BCUT2D eigenvalue weighted by Crippen LogP contribution is -2.36. The van der Waals surface area contributed by atoms with Gasteiger partial charge in [-0.2, -0.15) is 0 Å². The smallest absolute Gasteiger partial charge is 0.191 e. The molecule has 1 aromatic heterocycles. The van der Waals surface area contributed by atoms with Crippen molar-refractivity contribution in [2.75, 3.05) is 21.3 Å². The number of ether oxygens (including phenoxy) is 2. The minimum Gasteiger partial charge on any atom is -0.493 e. The first kappa shape index (κ1) is 23.2. The molecule has 0 amide bonds. The molecule has 0 bridgehead atoms. The highest BCUT2D eigenvalue weighted by molar-refractivity contribution is 14.0. The predicted molar refractivity (Wildman–Crippen MR) is 123 cm³/mol. The molecule has 8 heteroatoms. The monoisotopic (exact) mass is 502 g/mol. The molecule has 0 aliphatic heterocycles. The minimum atomic E-state index is 0. The molecule has 1 aromatic carbocycles. The molecule has 2 rings (SSSR count). The van der Waals surface area contributed by atoms with Crippen LogP contribution in [0.4, 0.5) is 0 Å². The van der Waals surface area contributed by atoms with Crippen molar-refractivity contribution < 1.29 is 9.47 Å². The molecule has 0 aliphatic rings. The Balaban J connectivity index is 0.00000364. The molecule has 1 heterocycles. The number of aliphatic imine (C=N–C) groups is 1. The molecule has 0 spiro atoms. The van der Waals surface area contributed by atoms with Crippen LogP contribution < -0.4 is 20.1 Å². The zero-order chi connectivity index (χ0) is 18.9. The number of rotatable bonds is 8. The summed E-state index contributed by atoms with van der Waals surface area (Å²) in [5.41, 5.74) is 2.12. The van der Waals surface area contributed by atoms with Crippen molar-refractivity contribution in [1.82, 2.24) is 15.6 Å². The van der Waals surface area contributed by atoms with Crippen LogP contribution in [0.2, 0.25) is 0 Å². The number of benzene rings is 1. The number of aryl methyl sites for hydroxylation is 1. The van der Waals surface area contributed by atoms with Crippen molar-refractivity contribution >= 4 is 41.3 Å². The molecule has 0 fully saturated rings. The van der Waals surface area contributed by atoms with Crippen molar-refractivity contribution in [2.45, 2.75) is 26.4 Å². The van der Waals surface area contributed by atoms with Crippen molar-refractivity contribution in [3.63, 3.8) is 0 Å². The molecule has 0 saturated heterocycles. The average Bonchev–Trinajstić information content (AvgIpc) is 3.07. The van der Waals surface area contributed by atoms with Gasteiger partial charge in [-0.25, -0.2) is 4.98 Å². The summed E-state index contributed by atoms with van der Waals surface area (Å²) in [7, 11) is 5.04. The summed E-state index contributed by atoms with van der Waals surface area (Å²) in [5.74, 6) is 2.18. The van der Waals surface area contributed by atoms with E-state index in [-0.39, 0.29) is 24.0 Å². The quantitative estimate of drug-likeness (QED) is 0.250. The molecule has 0 saturated carbocycles. The van der Waals surface area contributed by atoms with Gasteiger partial charge in [0.05, 0.1) is 20.8 Å². The largest absolute Gasteiger partial charge is 0.493 e. The van der Waals surface area contributed by atoms with Crippen molar-refractivity contribution in [3.05, 3.63) is 52.0 Å². The fourth-order valence-corrected chi connectivity index (χ4v) is 3.29. The van der Waals surface area contributed by atoms with E-state index in [1.165, 1.54) is 4.88 Å². The van der Waals surface area contributed by atoms with Gasteiger partial charge in [-0.1, -0.05) is 6.08 Å². The third-order valence-electron chi connectivity index (χ3n) is 3.74. The van der Waals surface area contributed by atoms with Gasteiger partial charge in [0.1, 0.15) is 5.01 Å². The van der Waals surface area contributed by atoms with Gasteiger partial charge in [0.25, 0.3) is 0 Å². The molecule has 6 nitrogen and oxygen atoms in total. The topological polar surface area (TPSA) is 67.8 Å². The van der Waals surface area contributed by atoms with E-state index in [2.05, 4.69) is 33.3 Å². The summed E-state index contributed by atoms with van der Waals surface area (Å²) in [4.78, 5) is 9.81. The SMILES string of the molecule is C=CCc1cc(CNC(=NC)NCc2ncc(C)s2)cc(OC)c1OC.I. The zero-order valence-electron chi connectivity index (χ0n) is 16.2. The molecular formula is C19H27IN4O2S. The number of methoxy groups -OCH3 is 2. The second-order valence-corrected chi connectivity index (χ2v) is 6.95. The maximum Gasteiger partial charge on any atom is 0.191 e. The van der Waals surface area contributed by atoms with Crippen LogP contribution in [0.15, 0.2) is 36.0 Å². The number of nitrogens with one attached hydrogen (secondary N) is 2. The van der Waals surface area contributed by atoms with Crippen LogP contribution in [-0.2, 0) is 19.5 Å². The van der Waals surface area contributed by atoms with Crippen LogP contribution in [0.5, 0.6) is 11.5 Å². The Bertz CT molecular complexity index is 777. The molecule has 0 radical (unpaired) electrons. The van der Waals surface area contributed by atoms with Gasteiger partial charge in [-0.05, 0) is 31.0 Å². The second kappa shape index (κ2) is 11.8. The van der Waals surface area contributed by atoms with E-state index in [1.54, 1.807) is 32.6 Å². The Hall–Kier alpha value is -1.81. The molecule has 2 N–H and O–H groups in total. The molecule has 27 heavy (non-hydrogen) atoms. The maximum absolute atomic E-state index is 5.48. The first-order valence-electron chi connectivity index (χ1n) is 8.31. The van der Waals surface area contributed by atoms with Gasteiger partial charge in [0, 0.05) is 30.2 Å². The zero-order valence-corrected chi connectivity index (χ0v) is 19.3. The Labute approximate surface area is 182 Å². The van der Waals surface area contributed by atoms with E-state index < -0.39 is 0 Å². The van der Waals surface area contributed by atoms with Gasteiger partial charge in [-0.15, -0.1) is 41.9 Å². The summed E-state index contributed by atoms with van der Waals surface area (Å²) < 4.78 is 10.9. The predicted octanol–water partition coefficient (Wildman–Crippen LogP) is 3.68. The Morgan fingerprint density at radius 2 is 2.00 bits per heavy atom. The van der Waals surface area contributed by atoms with Crippen LogP contribution in [0, 0.1) is 6.92 Å². The number of hydrogen-bond acceptors (Lipinski definition) is 5. The lowest BCUT2D eigenvalue weighted by atomic mass is 10.1. The van der Waals surface area contributed by atoms with Crippen LogP contribution >= 0.6 is 35.3 Å². The Morgan fingerprint density at radius 3 is 2.56 bits per heavy atom.